The highest BCUT2D eigenvalue weighted by atomic mass is 15.2. The number of hydrogen-bond donors (Lipinski definition) is 1. The Morgan fingerprint density at radius 1 is 1.00 bits per heavy atom. The van der Waals surface area contributed by atoms with Crippen LogP contribution in [0.25, 0.3) is 0 Å². The van der Waals surface area contributed by atoms with Gasteiger partial charge in [-0.15, -0.1) is 0 Å². The number of nitrogens with zero attached hydrogens (tertiary/aromatic N) is 1. The van der Waals surface area contributed by atoms with Crippen molar-refractivity contribution in [3.05, 3.63) is 35.9 Å². The van der Waals surface area contributed by atoms with E-state index in [1.165, 1.54) is 5.56 Å². The molecule has 0 bridgehead atoms. The van der Waals surface area contributed by atoms with E-state index >= 15 is 0 Å². The molecule has 0 saturated carbocycles. The minimum Gasteiger partial charge on any atom is -0.329 e. The van der Waals surface area contributed by atoms with Crippen LogP contribution < -0.4 is 5.73 Å². The molecule has 0 aromatic heterocycles. The van der Waals surface area contributed by atoms with E-state index in [0.717, 1.165) is 32.5 Å². The zero-order valence-electron chi connectivity index (χ0n) is 14.6. The van der Waals surface area contributed by atoms with Crippen molar-refractivity contribution in [1.29, 1.82) is 0 Å². The van der Waals surface area contributed by atoms with Crippen molar-refractivity contribution in [3.8, 4) is 0 Å². The van der Waals surface area contributed by atoms with Crippen molar-refractivity contribution in [1.82, 2.24) is 4.90 Å². The average Bonchev–Trinajstić information content (AvgIpc) is 2.44. The fraction of sp³-hybridized carbons (Fsp3) is 0.684. The Kier molecular flexibility index (Phi) is 7.41. The van der Waals surface area contributed by atoms with Gasteiger partial charge in [-0.3, -0.25) is 4.90 Å². The van der Waals surface area contributed by atoms with Gasteiger partial charge in [0.15, 0.2) is 0 Å². The molecular formula is C19H34N2. The summed E-state index contributed by atoms with van der Waals surface area (Å²) < 4.78 is 0. The third-order valence-electron chi connectivity index (χ3n) is 4.17. The van der Waals surface area contributed by atoms with Crippen LogP contribution in [-0.2, 0) is 6.42 Å². The first kappa shape index (κ1) is 18.2. The molecule has 0 aliphatic heterocycles. The molecule has 0 spiro atoms. The van der Waals surface area contributed by atoms with E-state index in [4.69, 9.17) is 5.73 Å². The van der Waals surface area contributed by atoms with E-state index in [-0.39, 0.29) is 5.54 Å². The van der Waals surface area contributed by atoms with Crippen LogP contribution in [0.4, 0.5) is 0 Å². The molecular weight excluding hydrogens is 256 g/mol. The van der Waals surface area contributed by atoms with Crippen molar-refractivity contribution >= 4 is 0 Å². The third-order valence-corrected chi connectivity index (χ3v) is 4.17. The number of aryl methyl sites for hydroxylation is 1. The Bertz CT molecular complexity index is 376. The van der Waals surface area contributed by atoms with Crippen LogP contribution in [0, 0.1) is 11.8 Å². The lowest BCUT2D eigenvalue weighted by Gasteiger charge is -2.43. The lowest BCUT2D eigenvalue weighted by Crippen LogP contribution is -2.54. The number of hydrogen-bond acceptors (Lipinski definition) is 2. The molecule has 1 rings (SSSR count). The lowest BCUT2D eigenvalue weighted by molar-refractivity contribution is 0.0748. The molecule has 120 valence electrons. The Labute approximate surface area is 131 Å². The Balaban J connectivity index is 2.77. The van der Waals surface area contributed by atoms with Gasteiger partial charge in [0.2, 0.25) is 0 Å². The maximum Gasteiger partial charge on any atom is 0.0306 e. The Morgan fingerprint density at radius 3 is 1.95 bits per heavy atom. The zero-order chi connectivity index (χ0) is 15.9. The second kappa shape index (κ2) is 8.55. The maximum absolute atomic E-state index is 6.18. The van der Waals surface area contributed by atoms with E-state index < -0.39 is 0 Å². The van der Waals surface area contributed by atoms with Crippen molar-refractivity contribution < 1.29 is 0 Å². The molecule has 0 saturated heterocycles. The number of benzene rings is 1. The summed E-state index contributed by atoms with van der Waals surface area (Å²) in [5, 5.41) is 0. The highest BCUT2D eigenvalue weighted by molar-refractivity contribution is 5.15. The van der Waals surface area contributed by atoms with Gasteiger partial charge in [0.25, 0.3) is 0 Å². The highest BCUT2D eigenvalue weighted by Crippen LogP contribution is 2.23. The van der Waals surface area contributed by atoms with E-state index in [1.807, 2.05) is 0 Å². The second-order valence-electron chi connectivity index (χ2n) is 7.38. The van der Waals surface area contributed by atoms with Crippen molar-refractivity contribution in [2.75, 3.05) is 19.6 Å². The topological polar surface area (TPSA) is 29.3 Å². The van der Waals surface area contributed by atoms with E-state index in [1.54, 1.807) is 0 Å². The van der Waals surface area contributed by atoms with Crippen LogP contribution in [0.5, 0.6) is 0 Å². The molecule has 2 nitrogen and oxygen atoms in total. The molecule has 0 aliphatic carbocycles. The summed E-state index contributed by atoms with van der Waals surface area (Å²) in [6.45, 7) is 14.5. The second-order valence-corrected chi connectivity index (χ2v) is 7.38. The van der Waals surface area contributed by atoms with E-state index in [9.17, 15) is 0 Å². The average molecular weight is 290 g/mol. The molecule has 1 atom stereocenters. The van der Waals surface area contributed by atoms with Gasteiger partial charge in [-0.05, 0) is 37.2 Å². The molecule has 1 aromatic carbocycles. The summed E-state index contributed by atoms with van der Waals surface area (Å²) in [5.74, 6) is 1.35. The summed E-state index contributed by atoms with van der Waals surface area (Å²) in [5.41, 5.74) is 7.68. The van der Waals surface area contributed by atoms with Crippen LogP contribution in [0.2, 0.25) is 0 Å². The van der Waals surface area contributed by atoms with Crippen molar-refractivity contribution in [3.63, 3.8) is 0 Å². The molecule has 0 radical (unpaired) electrons. The van der Waals surface area contributed by atoms with Crippen LogP contribution in [0.1, 0.15) is 46.6 Å². The number of nitrogens with two attached hydrogens (primary N) is 1. The summed E-state index contributed by atoms with van der Waals surface area (Å²) in [6.07, 6.45) is 2.22. The number of rotatable bonds is 9. The van der Waals surface area contributed by atoms with Crippen LogP contribution in [-0.4, -0.2) is 30.1 Å². The fourth-order valence-corrected chi connectivity index (χ4v) is 2.84. The van der Waals surface area contributed by atoms with Gasteiger partial charge >= 0.3 is 0 Å². The standard InChI is InChI=1S/C19H34N2/c1-16(2)13-21(14-17(3)4)19(5,15-20)12-11-18-9-7-6-8-10-18/h6-10,16-17H,11-15,20H2,1-5H3. The van der Waals surface area contributed by atoms with E-state index in [2.05, 4.69) is 69.9 Å². The van der Waals surface area contributed by atoms with Gasteiger partial charge in [0.1, 0.15) is 0 Å². The van der Waals surface area contributed by atoms with Crippen LogP contribution in [0.15, 0.2) is 30.3 Å². The monoisotopic (exact) mass is 290 g/mol. The normalized spacial score (nSPS) is 14.9. The Hall–Kier alpha value is -0.860. The highest BCUT2D eigenvalue weighted by Gasteiger charge is 2.30. The van der Waals surface area contributed by atoms with Crippen LogP contribution in [0.3, 0.4) is 0 Å². The summed E-state index contributed by atoms with van der Waals surface area (Å²) >= 11 is 0. The molecule has 0 fully saturated rings. The summed E-state index contributed by atoms with van der Waals surface area (Å²) in [4.78, 5) is 2.62. The lowest BCUT2D eigenvalue weighted by atomic mass is 9.89. The molecule has 21 heavy (non-hydrogen) atoms. The predicted molar refractivity (Wildman–Crippen MR) is 93.5 cm³/mol. The first-order valence-corrected chi connectivity index (χ1v) is 8.36. The molecule has 0 amide bonds. The first-order chi connectivity index (χ1) is 9.87. The van der Waals surface area contributed by atoms with Gasteiger partial charge in [0, 0.05) is 25.2 Å². The molecule has 1 aromatic rings. The molecule has 2 heteroatoms. The van der Waals surface area contributed by atoms with Gasteiger partial charge in [0.05, 0.1) is 0 Å². The molecule has 0 heterocycles. The molecule has 0 aliphatic rings. The summed E-state index contributed by atoms with van der Waals surface area (Å²) in [7, 11) is 0. The Morgan fingerprint density at radius 2 is 1.52 bits per heavy atom. The minimum atomic E-state index is 0.0877. The molecule has 2 N–H and O–H groups in total. The quantitative estimate of drug-likeness (QED) is 0.746. The predicted octanol–water partition coefficient (Wildman–Crippen LogP) is 3.95. The third kappa shape index (κ3) is 6.19. The van der Waals surface area contributed by atoms with Crippen molar-refractivity contribution in [2.45, 2.75) is 53.0 Å². The maximum atomic E-state index is 6.18. The van der Waals surface area contributed by atoms with Gasteiger partial charge in [-0.25, -0.2) is 0 Å². The minimum absolute atomic E-state index is 0.0877. The first-order valence-electron chi connectivity index (χ1n) is 8.36. The van der Waals surface area contributed by atoms with Gasteiger partial charge in [-0.1, -0.05) is 58.0 Å². The van der Waals surface area contributed by atoms with Crippen LogP contribution >= 0.6 is 0 Å². The van der Waals surface area contributed by atoms with Gasteiger partial charge in [-0.2, -0.15) is 0 Å². The zero-order valence-corrected chi connectivity index (χ0v) is 14.6. The summed E-state index contributed by atoms with van der Waals surface area (Å²) in [6, 6.07) is 10.7. The van der Waals surface area contributed by atoms with Gasteiger partial charge < -0.3 is 5.73 Å². The van der Waals surface area contributed by atoms with E-state index in [0.29, 0.717) is 11.8 Å². The largest absolute Gasteiger partial charge is 0.329 e. The van der Waals surface area contributed by atoms with Crippen molar-refractivity contribution in [2.24, 2.45) is 17.6 Å². The molecule has 1 unspecified atom stereocenters. The fourth-order valence-electron chi connectivity index (χ4n) is 2.84. The smallest absolute Gasteiger partial charge is 0.0306 e. The SMILES string of the molecule is CC(C)CN(CC(C)C)C(C)(CN)CCc1ccccc1.